The van der Waals surface area contributed by atoms with Crippen molar-refractivity contribution in [2.45, 2.75) is 13.3 Å². The fraction of sp³-hybridized carbons (Fsp3) is 0.429. The van der Waals surface area contributed by atoms with Gasteiger partial charge in [-0.25, -0.2) is 0 Å². The molecule has 8 heavy (non-hydrogen) atoms. The summed E-state index contributed by atoms with van der Waals surface area (Å²) in [4.78, 5) is 0. The van der Waals surface area contributed by atoms with E-state index in [0.717, 1.165) is 12.0 Å². The second kappa shape index (κ2) is 4.60. The topological polar surface area (TPSA) is 26.0 Å². The molecule has 0 unspecified atom stereocenters. The fourth-order valence-electron chi connectivity index (χ4n) is 0.504. The van der Waals surface area contributed by atoms with Gasteiger partial charge in [0.2, 0.25) is 0 Å². The van der Waals surface area contributed by atoms with Crippen LogP contribution in [0.25, 0.3) is 0 Å². The van der Waals surface area contributed by atoms with Gasteiger partial charge in [-0.15, -0.1) is 0 Å². The first kappa shape index (κ1) is 7.44. The Hall–Kier alpha value is -0.560. The minimum atomic E-state index is 0.698. The summed E-state index contributed by atoms with van der Waals surface area (Å²) in [5.41, 5.74) is 6.37. The van der Waals surface area contributed by atoms with Gasteiger partial charge < -0.3 is 5.73 Å². The van der Waals surface area contributed by atoms with E-state index >= 15 is 0 Å². The molecule has 0 aliphatic carbocycles. The summed E-state index contributed by atoms with van der Waals surface area (Å²) in [6, 6.07) is 0. The second-order valence-corrected chi connectivity index (χ2v) is 1.70. The highest BCUT2D eigenvalue weighted by atomic mass is 14.5. The molecule has 0 spiro atoms. The summed E-state index contributed by atoms with van der Waals surface area (Å²) in [7, 11) is 0. The van der Waals surface area contributed by atoms with Crippen molar-refractivity contribution in [3.05, 3.63) is 24.3 Å². The molecule has 1 heteroatoms. The van der Waals surface area contributed by atoms with Crippen LogP contribution in [0.1, 0.15) is 13.3 Å². The van der Waals surface area contributed by atoms with E-state index in [4.69, 9.17) is 5.73 Å². The molecule has 0 atom stereocenters. The maximum atomic E-state index is 5.26. The zero-order valence-electron chi connectivity index (χ0n) is 5.35. The maximum absolute atomic E-state index is 5.26. The lowest BCUT2D eigenvalue weighted by Crippen LogP contribution is -1.97. The van der Waals surface area contributed by atoms with Gasteiger partial charge in [-0.2, -0.15) is 0 Å². The van der Waals surface area contributed by atoms with Crippen LogP contribution in [0, 0.1) is 0 Å². The lowest BCUT2D eigenvalue weighted by molar-refractivity contribution is 0.977. The summed E-state index contributed by atoms with van der Waals surface area (Å²) in [6.45, 7) is 6.44. The van der Waals surface area contributed by atoms with Gasteiger partial charge in [0, 0.05) is 0 Å². The Morgan fingerprint density at radius 2 is 2.38 bits per heavy atom. The molecule has 2 N–H and O–H groups in total. The van der Waals surface area contributed by atoms with E-state index < -0.39 is 0 Å². The van der Waals surface area contributed by atoms with Crippen molar-refractivity contribution in [1.82, 2.24) is 0 Å². The Balaban J connectivity index is 3.33. The lowest BCUT2D eigenvalue weighted by Gasteiger charge is -1.91. The van der Waals surface area contributed by atoms with Gasteiger partial charge in [-0.1, -0.05) is 24.3 Å². The largest absolute Gasteiger partial charge is 0.330 e. The molecular formula is C7H13N. The Bertz CT molecular complexity index is 92.6. The van der Waals surface area contributed by atoms with Gasteiger partial charge in [0.05, 0.1) is 0 Å². The predicted molar refractivity (Wildman–Crippen MR) is 37.6 cm³/mol. The standard InChI is InChI=1S/C7H13N/c1-3-4-7(2)5-6-8/h3-4H,2,5-6,8H2,1H3. The van der Waals surface area contributed by atoms with Crippen LogP contribution in [-0.2, 0) is 0 Å². The minimum absolute atomic E-state index is 0.698. The number of nitrogens with two attached hydrogens (primary N) is 1. The highest BCUT2D eigenvalue weighted by Crippen LogP contribution is 1.95. The quantitative estimate of drug-likeness (QED) is 0.548. The third-order valence-electron chi connectivity index (χ3n) is 0.868. The minimum Gasteiger partial charge on any atom is -0.330 e. The first-order chi connectivity index (χ1) is 3.81. The van der Waals surface area contributed by atoms with Crippen molar-refractivity contribution in [2.75, 3.05) is 6.54 Å². The lowest BCUT2D eigenvalue weighted by atomic mass is 10.2. The van der Waals surface area contributed by atoms with Gasteiger partial charge in [-0.05, 0) is 19.9 Å². The third-order valence-corrected chi connectivity index (χ3v) is 0.868. The molecule has 0 aromatic rings. The highest BCUT2D eigenvalue weighted by Gasteiger charge is 1.81. The second-order valence-electron chi connectivity index (χ2n) is 1.70. The van der Waals surface area contributed by atoms with Crippen molar-refractivity contribution in [2.24, 2.45) is 5.73 Å². The molecule has 0 heterocycles. The van der Waals surface area contributed by atoms with Crippen LogP contribution in [0.2, 0.25) is 0 Å². The van der Waals surface area contributed by atoms with E-state index in [1.165, 1.54) is 0 Å². The number of hydrogen-bond acceptors (Lipinski definition) is 1. The predicted octanol–water partition coefficient (Wildman–Crippen LogP) is 1.47. The van der Waals surface area contributed by atoms with E-state index in [1.54, 1.807) is 0 Å². The molecule has 0 saturated heterocycles. The molecule has 0 aromatic heterocycles. The molecule has 0 aliphatic heterocycles. The summed E-state index contributed by atoms with van der Waals surface area (Å²) >= 11 is 0. The van der Waals surface area contributed by atoms with Crippen LogP contribution in [-0.4, -0.2) is 6.54 Å². The van der Waals surface area contributed by atoms with E-state index in [0.29, 0.717) is 6.54 Å². The zero-order chi connectivity index (χ0) is 6.41. The first-order valence-electron chi connectivity index (χ1n) is 2.81. The van der Waals surface area contributed by atoms with Gasteiger partial charge >= 0.3 is 0 Å². The molecule has 0 bridgehead atoms. The normalized spacial score (nSPS) is 10.2. The molecule has 0 amide bonds. The van der Waals surface area contributed by atoms with E-state index in [-0.39, 0.29) is 0 Å². The summed E-state index contributed by atoms with van der Waals surface area (Å²) in [5, 5.41) is 0. The average molecular weight is 111 g/mol. The van der Waals surface area contributed by atoms with E-state index in [9.17, 15) is 0 Å². The molecular weight excluding hydrogens is 98.1 g/mol. The molecule has 0 aromatic carbocycles. The van der Waals surface area contributed by atoms with Crippen LogP contribution < -0.4 is 5.73 Å². The van der Waals surface area contributed by atoms with Crippen LogP contribution in [0.15, 0.2) is 24.3 Å². The Morgan fingerprint density at radius 3 is 2.75 bits per heavy atom. The molecule has 0 fully saturated rings. The Labute approximate surface area is 50.9 Å². The van der Waals surface area contributed by atoms with Gasteiger partial charge in [0.25, 0.3) is 0 Å². The summed E-state index contributed by atoms with van der Waals surface area (Å²) in [6.07, 6.45) is 4.86. The number of allylic oxidation sites excluding steroid dienone is 2. The van der Waals surface area contributed by atoms with Crippen molar-refractivity contribution in [1.29, 1.82) is 0 Å². The van der Waals surface area contributed by atoms with Gasteiger partial charge in [0.15, 0.2) is 0 Å². The Kier molecular flexibility index (Phi) is 4.27. The van der Waals surface area contributed by atoms with Crippen molar-refractivity contribution in [3.63, 3.8) is 0 Å². The van der Waals surface area contributed by atoms with Crippen molar-refractivity contribution >= 4 is 0 Å². The first-order valence-corrected chi connectivity index (χ1v) is 2.81. The fourth-order valence-corrected chi connectivity index (χ4v) is 0.504. The smallest absolute Gasteiger partial charge is 0.00369 e. The average Bonchev–Trinajstić information content (AvgIpc) is 1.68. The molecule has 1 nitrogen and oxygen atoms in total. The van der Waals surface area contributed by atoms with Gasteiger partial charge in [0.1, 0.15) is 0 Å². The maximum Gasteiger partial charge on any atom is -0.00369 e. The van der Waals surface area contributed by atoms with Crippen LogP contribution in [0.3, 0.4) is 0 Å². The van der Waals surface area contributed by atoms with Crippen LogP contribution in [0.4, 0.5) is 0 Å². The van der Waals surface area contributed by atoms with E-state index in [1.807, 2.05) is 19.1 Å². The third kappa shape index (κ3) is 3.62. The molecule has 0 aliphatic rings. The summed E-state index contributed by atoms with van der Waals surface area (Å²) < 4.78 is 0. The zero-order valence-corrected chi connectivity index (χ0v) is 5.35. The van der Waals surface area contributed by atoms with E-state index in [2.05, 4.69) is 6.58 Å². The summed E-state index contributed by atoms with van der Waals surface area (Å²) in [5.74, 6) is 0. The highest BCUT2D eigenvalue weighted by molar-refractivity contribution is 5.13. The van der Waals surface area contributed by atoms with Crippen molar-refractivity contribution in [3.8, 4) is 0 Å². The van der Waals surface area contributed by atoms with Crippen molar-refractivity contribution < 1.29 is 0 Å². The number of hydrogen-bond donors (Lipinski definition) is 1. The van der Waals surface area contributed by atoms with Crippen LogP contribution in [0.5, 0.6) is 0 Å². The van der Waals surface area contributed by atoms with Crippen LogP contribution >= 0.6 is 0 Å². The molecule has 0 rings (SSSR count). The molecule has 46 valence electrons. The Morgan fingerprint density at radius 1 is 1.75 bits per heavy atom. The molecule has 0 radical (unpaired) electrons. The SMILES string of the molecule is C=C(C=CC)CCN. The number of rotatable bonds is 3. The molecule has 0 saturated carbocycles. The van der Waals surface area contributed by atoms with Gasteiger partial charge in [-0.3, -0.25) is 0 Å². The monoisotopic (exact) mass is 111 g/mol.